The summed E-state index contributed by atoms with van der Waals surface area (Å²) >= 11 is 0. The quantitative estimate of drug-likeness (QED) is 0.726. The molecular formula is C11H21N3O3. The van der Waals surface area contributed by atoms with Crippen LogP contribution >= 0.6 is 0 Å². The Bertz CT molecular complexity index is 271. The Morgan fingerprint density at radius 2 is 2.24 bits per heavy atom. The van der Waals surface area contributed by atoms with Crippen LogP contribution in [0.2, 0.25) is 0 Å². The van der Waals surface area contributed by atoms with E-state index in [2.05, 4.69) is 10.6 Å². The van der Waals surface area contributed by atoms with Crippen molar-refractivity contribution in [1.82, 2.24) is 15.5 Å². The van der Waals surface area contributed by atoms with Gasteiger partial charge in [-0.3, -0.25) is 4.79 Å². The van der Waals surface area contributed by atoms with Crippen LogP contribution in [-0.4, -0.2) is 56.2 Å². The van der Waals surface area contributed by atoms with E-state index in [0.29, 0.717) is 19.7 Å². The number of nitrogens with one attached hydrogen (secondary N) is 2. The van der Waals surface area contributed by atoms with Crippen LogP contribution in [0.15, 0.2) is 0 Å². The van der Waals surface area contributed by atoms with Gasteiger partial charge in [0.05, 0.1) is 13.2 Å². The predicted molar refractivity (Wildman–Crippen MR) is 63.7 cm³/mol. The topological polar surface area (TPSA) is 70.7 Å². The molecule has 1 unspecified atom stereocenters. The molecule has 1 saturated heterocycles. The summed E-state index contributed by atoms with van der Waals surface area (Å²) in [6, 6.07) is 0.00334. The molecule has 0 bridgehead atoms. The van der Waals surface area contributed by atoms with E-state index in [1.165, 1.54) is 0 Å². The first-order valence-corrected chi connectivity index (χ1v) is 6.03. The lowest BCUT2D eigenvalue weighted by Gasteiger charge is -2.32. The van der Waals surface area contributed by atoms with Crippen LogP contribution < -0.4 is 10.6 Å². The largest absolute Gasteiger partial charge is 0.450 e. The summed E-state index contributed by atoms with van der Waals surface area (Å²) in [6.45, 7) is 3.80. The van der Waals surface area contributed by atoms with Gasteiger partial charge >= 0.3 is 6.09 Å². The molecule has 1 aliphatic rings. The van der Waals surface area contributed by atoms with Crippen molar-refractivity contribution in [2.75, 3.05) is 33.3 Å². The fraction of sp³-hybridized carbons (Fsp3) is 0.818. The SMILES string of the molecule is CCOC(=O)NC1CCCN(C(=O)CNC)C1. The van der Waals surface area contributed by atoms with Gasteiger partial charge in [-0.05, 0) is 26.8 Å². The third-order valence-electron chi connectivity index (χ3n) is 2.70. The average molecular weight is 243 g/mol. The molecule has 6 heteroatoms. The summed E-state index contributed by atoms with van der Waals surface area (Å²) in [4.78, 5) is 24.7. The van der Waals surface area contributed by atoms with Gasteiger partial charge in [-0.25, -0.2) is 4.79 Å². The first-order chi connectivity index (χ1) is 8.17. The zero-order valence-electron chi connectivity index (χ0n) is 10.5. The molecule has 1 heterocycles. The van der Waals surface area contributed by atoms with Crippen molar-refractivity contribution >= 4 is 12.0 Å². The van der Waals surface area contributed by atoms with E-state index in [-0.39, 0.29) is 11.9 Å². The summed E-state index contributed by atoms with van der Waals surface area (Å²) in [5, 5.41) is 5.61. The zero-order valence-corrected chi connectivity index (χ0v) is 10.5. The average Bonchev–Trinajstić information content (AvgIpc) is 2.30. The maximum Gasteiger partial charge on any atom is 0.407 e. The van der Waals surface area contributed by atoms with E-state index in [0.717, 1.165) is 19.4 Å². The minimum absolute atomic E-state index is 0.00334. The summed E-state index contributed by atoms with van der Waals surface area (Å²) in [5.74, 6) is 0.0721. The number of likely N-dealkylation sites (N-methyl/N-ethyl adjacent to an activating group) is 1. The van der Waals surface area contributed by atoms with Gasteiger partial charge in [0.25, 0.3) is 0 Å². The Morgan fingerprint density at radius 1 is 1.47 bits per heavy atom. The number of piperidine rings is 1. The van der Waals surface area contributed by atoms with E-state index in [1.54, 1.807) is 18.9 Å². The van der Waals surface area contributed by atoms with Gasteiger partial charge < -0.3 is 20.3 Å². The highest BCUT2D eigenvalue weighted by Gasteiger charge is 2.24. The second kappa shape index (κ2) is 7.11. The highest BCUT2D eigenvalue weighted by atomic mass is 16.5. The first-order valence-electron chi connectivity index (χ1n) is 6.03. The van der Waals surface area contributed by atoms with Crippen molar-refractivity contribution in [2.45, 2.75) is 25.8 Å². The molecule has 0 aromatic rings. The molecule has 0 aromatic heterocycles. The Balaban J connectivity index is 2.38. The molecule has 98 valence electrons. The minimum Gasteiger partial charge on any atom is -0.450 e. The van der Waals surface area contributed by atoms with Crippen molar-refractivity contribution in [2.24, 2.45) is 0 Å². The molecular weight excluding hydrogens is 222 g/mol. The number of hydrogen-bond donors (Lipinski definition) is 2. The van der Waals surface area contributed by atoms with Gasteiger partial charge in [-0.15, -0.1) is 0 Å². The molecule has 17 heavy (non-hydrogen) atoms. The number of rotatable bonds is 4. The molecule has 2 N–H and O–H groups in total. The van der Waals surface area contributed by atoms with Crippen molar-refractivity contribution in [3.8, 4) is 0 Å². The van der Waals surface area contributed by atoms with Gasteiger partial charge in [0.15, 0.2) is 0 Å². The molecule has 0 spiro atoms. The number of ether oxygens (including phenoxy) is 1. The monoisotopic (exact) mass is 243 g/mol. The number of carbonyl (C=O) groups excluding carboxylic acids is 2. The lowest BCUT2D eigenvalue weighted by atomic mass is 10.1. The van der Waals surface area contributed by atoms with Crippen LogP contribution in [0.1, 0.15) is 19.8 Å². The molecule has 0 aliphatic carbocycles. The Hall–Kier alpha value is -1.30. The second-order valence-electron chi connectivity index (χ2n) is 4.07. The predicted octanol–water partition coefficient (Wildman–Crippen LogP) is -0.0571. The number of hydrogen-bond acceptors (Lipinski definition) is 4. The van der Waals surface area contributed by atoms with Crippen LogP contribution in [0.25, 0.3) is 0 Å². The first kappa shape index (κ1) is 13.8. The standard InChI is InChI=1S/C11H21N3O3/c1-3-17-11(16)13-9-5-4-6-14(8-9)10(15)7-12-2/h9,12H,3-8H2,1-2H3,(H,13,16). The van der Waals surface area contributed by atoms with Crippen molar-refractivity contribution in [3.05, 3.63) is 0 Å². The second-order valence-corrected chi connectivity index (χ2v) is 4.07. The van der Waals surface area contributed by atoms with Gasteiger partial charge in [0, 0.05) is 19.1 Å². The highest BCUT2D eigenvalue weighted by molar-refractivity contribution is 5.78. The maximum absolute atomic E-state index is 11.7. The fourth-order valence-electron chi connectivity index (χ4n) is 1.92. The third kappa shape index (κ3) is 4.60. The van der Waals surface area contributed by atoms with Crippen LogP contribution in [0.3, 0.4) is 0 Å². The Labute approximate surface area is 102 Å². The smallest absolute Gasteiger partial charge is 0.407 e. The summed E-state index contributed by atoms with van der Waals surface area (Å²) in [7, 11) is 1.75. The molecule has 0 saturated carbocycles. The normalized spacial score (nSPS) is 19.9. The summed E-state index contributed by atoms with van der Waals surface area (Å²) in [5.41, 5.74) is 0. The van der Waals surface area contributed by atoms with E-state index < -0.39 is 6.09 Å². The lowest BCUT2D eigenvalue weighted by Crippen LogP contribution is -2.51. The highest BCUT2D eigenvalue weighted by Crippen LogP contribution is 2.10. The van der Waals surface area contributed by atoms with Crippen LogP contribution in [0, 0.1) is 0 Å². The Kier molecular flexibility index (Phi) is 5.76. The number of nitrogens with zero attached hydrogens (tertiary/aromatic N) is 1. The maximum atomic E-state index is 11.7. The number of alkyl carbamates (subject to hydrolysis) is 1. The molecule has 0 aromatic carbocycles. The zero-order chi connectivity index (χ0) is 12.7. The molecule has 1 atom stereocenters. The van der Waals surface area contributed by atoms with Crippen molar-refractivity contribution in [3.63, 3.8) is 0 Å². The van der Waals surface area contributed by atoms with Crippen LogP contribution in [-0.2, 0) is 9.53 Å². The fourth-order valence-corrected chi connectivity index (χ4v) is 1.92. The molecule has 1 aliphatic heterocycles. The van der Waals surface area contributed by atoms with Crippen molar-refractivity contribution in [1.29, 1.82) is 0 Å². The molecule has 1 rings (SSSR count). The minimum atomic E-state index is -0.402. The number of amides is 2. The van der Waals surface area contributed by atoms with Gasteiger partial charge in [-0.2, -0.15) is 0 Å². The van der Waals surface area contributed by atoms with Crippen LogP contribution in [0.4, 0.5) is 4.79 Å². The lowest BCUT2D eigenvalue weighted by molar-refractivity contribution is -0.131. The number of likely N-dealkylation sites (tertiary alicyclic amines) is 1. The van der Waals surface area contributed by atoms with Gasteiger partial charge in [-0.1, -0.05) is 0 Å². The molecule has 6 nitrogen and oxygen atoms in total. The van der Waals surface area contributed by atoms with E-state index in [4.69, 9.17) is 4.74 Å². The third-order valence-corrected chi connectivity index (χ3v) is 2.70. The van der Waals surface area contributed by atoms with Gasteiger partial charge in [0.2, 0.25) is 5.91 Å². The Morgan fingerprint density at radius 3 is 2.88 bits per heavy atom. The van der Waals surface area contributed by atoms with E-state index >= 15 is 0 Å². The molecule has 0 radical (unpaired) electrons. The van der Waals surface area contributed by atoms with Crippen LogP contribution in [0.5, 0.6) is 0 Å². The summed E-state index contributed by atoms with van der Waals surface area (Å²) in [6.07, 6.45) is 1.40. The number of carbonyl (C=O) groups is 2. The summed E-state index contributed by atoms with van der Waals surface area (Å²) < 4.78 is 4.82. The molecule has 1 fully saturated rings. The molecule has 2 amide bonds. The van der Waals surface area contributed by atoms with Crippen molar-refractivity contribution < 1.29 is 14.3 Å². The van der Waals surface area contributed by atoms with E-state index in [1.807, 2.05) is 0 Å². The van der Waals surface area contributed by atoms with E-state index in [9.17, 15) is 9.59 Å². The van der Waals surface area contributed by atoms with Gasteiger partial charge in [0.1, 0.15) is 0 Å².